The highest BCUT2D eigenvalue weighted by Gasteiger charge is 2.41. The molecule has 0 bridgehead atoms. The molecule has 2 N–H and O–H groups in total. The van der Waals surface area contributed by atoms with Gasteiger partial charge in [-0.2, -0.15) is 0 Å². The number of rotatable bonds is 6. The van der Waals surface area contributed by atoms with Crippen molar-refractivity contribution >= 4 is 28.1 Å². The first-order chi connectivity index (χ1) is 14.0. The Morgan fingerprint density at radius 2 is 2.03 bits per heavy atom. The SMILES string of the molecule is CCCCC1C=C(C)C(c2cc3cnc(NC(=O)C4(C)COC4)cc3cn2)=CN1. The zero-order valence-corrected chi connectivity index (χ0v) is 17.3. The second-order valence-corrected chi connectivity index (χ2v) is 8.32. The number of amides is 1. The Labute approximate surface area is 171 Å². The normalized spacial score (nSPS) is 20.3. The molecule has 0 aromatic carbocycles. The third-order valence-corrected chi connectivity index (χ3v) is 5.70. The van der Waals surface area contributed by atoms with E-state index in [-0.39, 0.29) is 5.91 Å². The van der Waals surface area contributed by atoms with Crippen LogP contribution in [0.5, 0.6) is 0 Å². The van der Waals surface area contributed by atoms with Gasteiger partial charge in [0.25, 0.3) is 0 Å². The Kier molecular flexibility index (Phi) is 5.37. The summed E-state index contributed by atoms with van der Waals surface area (Å²) in [5.41, 5.74) is 2.81. The minimum absolute atomic E-state index is 0.0583. The summed E-state index contributed by atoms with van der Waals surface area (Å²) >= 11 is 0. The minimum atomic E-state index is -0.460. The first kappa shape index (κ1) is 19.6. The summed E-state index contributed by atoms with van der Waals surface area (Å²) in [6.45, 7) is 7.15. The third-order valence-electron chi connectivity index (χ3n) is 5.70. The first-order valence-corrected chi connectivity index (χ1v) is 10.3. The van der Waals surface area contributed by atoms with Crippen LogP contribution in [0, 0.1) is 5.41 Å². The molecule has 1 amide bonds. The number of nitrogens with zero attached hydrogens (tertiary/aromatic N) is 2. The molecule has 2 aromatic rings. The van der Waals surface area contributed by atoms with Crippen molar-refractivity contribution in [3.05, 3.63) is 48.1 Å². The fraction of sp³-hybridized carbons (Fsp3) is 0.435. The van der Waals surface area contributed by atoms with Gasteiger partial charge in [0.1, 0.15) is 5.82 Å². The highest BCUT2D eigenvalue weighted by molar-refractivity contribution is 5.97. The summed E-state index contributed by atoms with van der Waals surface area (Å²) in [4.78, 5) is 21.4. The molecule has 6 heteroatoms. The Morgan fingerprint density at radius 1 is 1.28 bits per heavy atom. The number of aromatic nitrogens is 2. The highest BCUT2D eigenvalue weighted by atomic mass is 16.5. The number of carbonyl (C=O) groups is 1. The molecule has 1 fully saturated rings. The van der Waals surface area contributed by atoms with Gasteiger partial charge in [-0.15, -0.1) is 0 Å². The van der Waals surface area contributed by atoms with Crippen molar-refractivity contribution < 1.29 is 9.53 Å². The summed E-state index contributed by atoms with van der Waals surface area (Å²) < 4.78 is 5.17. The molecule has 152 valence electrons. The molecule has 4 heterocycles. The molecule has 2 aromatic heterocycles. The maximum atomic E-state index is 12.4. The van der Waals surface area contributed by atoms with Gasteiger partial charge < -0.3 is 15.4 Å². The predicted molar refractivity (Wildman–Crippen MR) is 115 cm³/mol. The van der Waals surface area contributed by atoms with Crippen LogP contribution < -0.4 is 10.6 Å². The second kappa shape index (κ2) is 7.95. The number of hydrogen-bond donors (Lipinski definition) is 2. The van der Waals surface area contributed by atoms with Gasteiger partial charge in [-0.05, 0) is 38.0 Å². The second-order valence-electron chi connectivity index (χ2n) is 8.32. The summed E-state index contributed by atoms with van der Waals surface area (Å²) in [7, 11) is 0. The van der Waals surface area contributed by atoms with Gasteiger partial charge in [0.2, 0.25) is 5.91 Å². The van der Waals surface area contributed by atoms with Gasteiger partial charge in [0.15, 0.2) is 0 Å². The zero-order chi connectivity index (χ0) is 20.4. The average molecular weight is 393 g/mol. The quantitative estimate of drug-likeness (QED) is 0.775. The minimum Gasteiger partial charge on any atom is -0.384 e. The molecule has 29 heavy (non-hydrogen) atoms. The molecule has 1 unspecified atom stereocenters. The van der Waals surface area contributed by atoms with Gasteiger partial charge in [0, 0.05) is 41.0 Å². The Hall–Kier alpha value is -2.73. The van der Waals surface area contributed by atoms with Crippen molar-refractivity contribution in [1.82, 2.24) is 15.3 Å². The molecule has 2 aliphatic heterocycles. The van der Waals surface area contributed by atoms with E-state index in [4.69, 9.17) is 4.74 Å². The van der Waals surface area contributed by atoms with Gasteiger partial charge in [0.05, 0.1) is 24.3 Å². The maximum Gasteiger partial charge on any atom is 0.236 e. The van der Waals surface area contributed by atoms with E-state index in [1.54, 1.807) is 6.20 Å². The average Bonchev–Trinajstić information content (AvgIpc) is 2.70. The topological polar surface area (TPSA) is 76.1 Å². The van der Waals surface area contributed by atoms with Crippen molar-refractivity contribution in [3.63, 3.8) is 0 Å². The van der Waals surface area contributed by atoms with Crippen LogP contribution in [-0.4, -0.2) is 35.1 Å². The fourth-order valence-corrected chi connectivity index (χ4v) is 3.67. The lowest BCUT2D eigenvalue weighted by Crippen LogP contribution is -2.49. The largest absolute Gasteiger partial charge is 0.384 e. The van der Waals surface area contributed by atoms with E-state index in [9.17, 15) is 4.79 Å². The number of unbranched alkanes of at least 4 members (excludes halogenated alkanes) is 1. The van der Waals surface area contributed by atoms with E-state index in [2.05, 4.69) is 46.7 Å². The number of hydrogen-bond acceptors (Lipinski definition) is 5. The number of anilines is 1. The van der Waals surface area contributed by atoms with Gasteiger partial charge in [-0.3, -0.25) is 9.78 Å². The molecule has 0 spiro atoms. The highest BCUT2D eigenvalue weighted by Crippen LogP contribution is 2.30. The Morgan fingerprint density at radius 3 is 2.72 bits per heavy atom. The maximum absolute atomic E-state index is 12.4. The first-order valence-electron chi connectivity index (χ1n) is 10.3. The Balaban J connectivity index is 1.51. The Bertz CT molecular complexity index is 992. The molecule has 2 aliphatic rings. The number of carbonyl (C=O) groups excluding carboxylic acids is 1. The number of allylic oxidation sites excluding steroid dienone is 2. The lowest BCUT2D eigenvalue weighted by atomic mass is 9.87. The number of pyridine rings is 2. The lowest BCUT2D eigenvalue weighted by Gasteiger charge is -2.36. The van der Waals surface area contributed by atoms with Crippen molar-refractivity contribution in [2.45, 2.75) is 46.1 Å². The number of dihydropyridines is 1. The summed E-state index contributed by atoms with van der Waals surface area (Å²) in [6.07, 6.45) is 11.6. The van der Waals surface area contributed by atoms with Gasteiger partial charge in [-0.25, -0.2) is 4.98 Å². The molecule has 0 saturated carbocycles. The van der Waals surface area contributed by atoms with E-state index in [0.717, 1.165) is 28.5 Å². The van der Waals surface area contributed by atoms with Crippen LogP contribution in [-0.2, 0) is 9.53 Å². The van der Waals surface area contributed by atoms with E-state index in [1.807, 2.05) is 25.3 Å². The standard InChI is InChI=1S/C23H28N4O2/c1-4-5-6-18-7-15(2)19(12-24-18)20-8-16-11-26-21(9-17(16)10-25-20)27-22(28)23(3)13-29-14-23/h7-12,18,24H,4-6,13-14H2,1-3H3,(H,26,27,28). The van der Waals surface area contributed by atoms with Crippen LogP contribution in [0.3, 0.4) is 0 Å². The fourth-order valence-electron chi connectivity index (χ4n) is 3.67. The van der Waals surface area contributed by atoms with E-state index in [1.165, 1.54) is 18.4 Å². The number of fused-ring (bicyclic) bond motifs is 1. The molecule has 1 saturated heterocycles. The van der Waals surface area contributed by atoms with E-state index in [0.29, 0.717) is 25.1 Å². The lowest BCUT2D eigenvalue weighted by molar-refractivity contribution is -0.151. The summed E-state index contributed by atoms with van der Waals surface area (Å²) in [6, 6.07) is 4.31. The molecule has 6 nitrogen and oxygen atoms in total. The van der Waals surface area contributed by atoms with Crippen molar-refractivity contribution in [1.29, 1.82) is 0 Å². The van der Waals surface area contributed by atoms with Crippen LogP contribution >= 0.6 is 0 Å². The van der Waals surface area contributed by atoms with Crippen molar-refractivity contribution in [2.24, 2.45) is 5.41 Å². The predicted octanol–water partition coefficient (Wildman–Crippen LogP) is 4.05. The molecule has 0 aliphatic carbocycles. The van der Waals surface area contributed by atoms with Crippen LogP contribution in [0.1, 0.15) is 45.7 Å². The molecule has 1 atom stereocenters. The molecular weight excluding hydrogens is 364 g/mol. The molecular formula is C23H28N4O2. The van der Waals surface area contributed by atoms with Crippen LogP contribution in [0.25, 0.3) is 16.3 Å². The van der Waals surface area contributed by atoms with Gasteiger partial charge >= 0.3 is 0 Å². The van der Waals surface area contributed by atoms with E-state index >= 15 is 0 Å². The smallest absolute Gasteiger partial charge is 0.236 e. The monoisotopic (exact) mass is 392 g/mol. The van der Waals surface area contributed by atoms with E-state index < -0.39 is 5.41 Å². The van der Waals surface area contributed by atoms with Crippen LogP contribution in [0.2, 0.25) is 0 Å². The van der Waals surface area contributed by atoms with Crippen molar-refractivity contribution in [3.8, 4) is 0 Å². The van der Waals surface area contributed by atoms with Crippen molar-refractivity contribution in [2.75, 3.05) is 18.5 Å². The molecule has 4 rings (SSSR count). The third kappa shape index (κ3) is 4.03. The summed E-state index contributed by atoms with van der Waals surface area (Å²) in [5.74, 6) is 0.482. The summed E-state index contributed by atoms with van der Waals surface area (Å²) in [5, 5.41) is 8.32. The van der Waals surface area contributed by atoms with Gasteiger partial charge in [-0.1, -0.05) is 25.8 Å². The molecule has 0 radical (unpaired) electrons. The van der Waals surface area contributed by atoms with Crippen LogP contribution in [0.15, 0.2) is 42.4 Å². The number of ether oxygens (including phenoxy) is 1. The van der Waals surface area contributed by atoms with Crippen LogP contribution in [0.4, 0.5) is 5.82 Å². The number of nitrogens with one attached hydrogen (secondary N) is 2. The zero-order valence-electron chi connectivity index (χ0n) is 17.3.